The first-order chi connectivity index (χ1) is 13.5. The first-order valence-electron chi connectivity index (χ1n) is 10.6. The van der Waals surface area contributed by atoms with Crippen LogP contribution in [0, 0.1) is 13.8 Å². The Balaban J connectivity index is 1.29. The molecule has 0 amide bonds. The van der Waals surface area contributed by atoms with E-state index in [2.05, 4.69) is 36.6 Å². The summed E-state index contributed by atoms with van der Waals surface area (Å²) < 4.78 is 7.61. The molecule has 2 aliphatic rings. The molecule has 1 aliphatic heterocycles. The quantitative estimate of drug-likeness (QED) is 0.688. The number of methoxy groups -OCH3 is 1. The van der Waals surface area contributed by atoms with Crippen molar-refractivity contribution in [2.45, 2.75) is 39.3 Å². The molecule has 150 valence electrons. The van der Waals surface area contributed by atoms with Gasteiger partial charge in [0.05, 0.1) is 7.11 Å². The number of hydrogen-bond acceptors (Lipinski definition) is 2. The lowest BCUT2D eigenvalue weighted by atomic mass is 10.1. The molecule has 0 spiro atoms. The number of carbonyl (C=O) groups is 1. The molecule has 0 bridgehead atoms. The molecule has 1 saturated heterocycles. The van der Waals surface area contributed by atoms with Crippen molar-refractivity contribution in [3.63, 3.8) is 0 Å². The van der Waals surface area contributed by atoms with Crippen LogP contribution in [-0.2, 0) is 6.54 Å². The average Bonchev–Trinajstić information content (AvgIpc) is 3.48. The fraction of sp³-hybridized carbons (Fsp3) is 0.522. The van der Waals surface area contributed by atoms with Gasteiger partial charge in [-0.1, -0.05) is 0 Å². The van der Waals surface area contributed by atoms with Gasteiger partial charge < -0.3 is 19.1 Å². The van der Waals surface area contributed by atoms with Crippen LogP contribution in [0.3, 0.4) is 0 Å². The van der Waals surface area contributed by atoms with E-state index in [9.17, 15) is 4.79 Å². The van der Waals surface area contributed by atoms with Crippen molar-refractivity contribution in [3.8, 4) is 5.75 Å². The van der Waals surface area contributed by atoms with Gasteiger partial charge in [0.1, 0.15) is 45.0 Å². The van der Waals surface area contributed by atoms with Gasteiger partial charge in [0.25, 0.3) is 0 Å². The fourth-order valence-corrected chi connectivity index (χ4v) is 4.62. The number of hydrogen-bond donors (Lipinski definition) is 2. The standard InChI is InChI=1S/C23H31N3O2/c1-17-14-22(18(2)26(17)20-6-7-20)23(27)16-25-12-10-24(11-13-25)15-19-4-8-21(28-3)9-5-19/h4-5,8-9,14,20H,6-7,10-13,15-16H2,1-3H3/p+2. The summed E-state index contributed by atoms with van der Waals surface area (Å²) >= 11 is 0. The monoisotopic (exact) mass is 383 g/mol. The maximum Gasteiger partial charge on any atom is 0.218 e. The van der Waals surface area contributed by atoms with Crippen LogP contribution in [0.4, 0.5) is 0 Å². The minimum atomic E-state index is 0.314. The Morgan fingerprint density at radius 1 is 1.07 bits per heavy atom. The van der Waals surface area contributed by atoms with Crippen molar-refractivity contribution in [1.82, 2.24) is 4.57 Å². The summed E-state index contributed by atoms with van der Waals surface area (Å²) in [7, 11) is 1.70. The Labute approximate surface area is 167 Å². The van der Waals surface area contributed by atoms with E-state index in [1.54, 1.807) is 12.0 Å². The first kappa shape index (κ1) is 19.2. The predicted molar refractivity (Wildman–Crippen MR) is 109 cm³/mol. The molecule has 2 fully saturated rings. The Morgan fingerprint density at radius 3 is 2.32 bits per heavy atom. The SMILES string of the molecule is COc1ccc(C[NH+]2CC[NH+](CC(=O)c3cc(C)n(C4CC4)c3C)CC2)cc1. The molecule has 2 N–H and O–H groups in total. The highest BCUT2D eigenvalue weighted by atomic mass is 16.5. The van der Waals surface area contributed by atoms with Gasteiger partial charge in [-0.2, -0.15) is 0 Å². The van der Waals surface area contributed by atoms with Crippen LogP contribution in [-0.4, -0.2) is 50.2 Å². The van der Waals surface area contributed by atoms with Gasteiger partial charge in [-0.25, -0.2) is 0 Å². The number of aromatic nitrogens is 1. The van der Waals surface area contributed by atoms with Crippen LogP contribution in [0.1, 0.15) is 46.2 Å². The van der Waals surface area contributed by atoms with Crippen LogP contribution in [0.5, 0.6) is 5.75 Å². The van der Waals surface area contributed by atoms with Crippen LogP contribution in [0.2, 0.25) is 0 Å². The van der Waals surface area contributed by atoms with Crippen LogP contribution in [0.15, 0.2) is 30.3 Å². The normalized spacial score (nSPS) is 22.2. The Morgan fingerprint density at radius 2 is 1.71 bits per heavy atom. The maximum absolute atomic E-state index is 12.9. The lowest BCUT2D eigenvalue weighted by Gasteiger charge is -2.29. The summed E-state index contributed by atoms with van der Waals surface area (Å²) in [5.74, 6) is 1.22. The van der Waals surface area contributed by atoms with E-state index in [1.165, 1.54) is 34.7 Å². The number of ketones is 1. The zero-order valence-electron chi connectivity index (χ0n) is 17.4. The molecule has 2 aromatic rings. The van der Waals surface area contributed by atoms with E-state index in [4.69, 9.17) is 4.74 Å². The van der Waals surface area contributed by atoms with Crippen molar-refractivity contribution < 1.29 is 19.3 Å². The number of ether oxygens (including phenoxy) is 1. The number of nitrogens with zero attached hydrogens (tertiary/aromatic N) is 1. The molecule has 2 heterocycles. The molecule has 4 rings (SSSR count). The number of benzene rings is 1. The Kier molecular flexibility index (Phi) is 5.56. The van der Waals surface area contributed by atoms with Gasteiger partial charge in [-0.3, -0.25) is 4.79 Å². The molecule has 1 aliphatic carbocycles. The molecule has 0 atom stereocenters. The maximum atomic E-state index is 12.9. The molecule has 1 aromatic heterocycles. The molecule has 5 heteroatoms. The van der Waals surface area contributed by atoms with Crippen molar-refractivity contribution in [1.29, 1.82) is 0 Å². The molecule has 1 saturated carbocycles. The average molecular weight is 384 g/mol. The van der Waals surface area contributed by atoms with Crippen LogP contribution < -0.4 is 14.5 Å². The summed E-state index contributed by atoms with van der Waals surface area (Å²) in [6.07, 6.45) is 2.52. The lowest BCUT2D eigenvalue weighted by molar-refractivity contribution is -1.01. The summed E-state index contributed by atoms with van der Waals surface area (Å²) in [6, 6.07) is 11.1. The molecule has 1 aromatic carbocycles. The van der Waals surface area contributed by atoms with Crippen LogP contribution >= 0.6 is 0 Å². The van der Waals surface area contributed by atoms with Crippen molar-refractivity contribution in [2.75, 3.05) is 39.8 Å². The minimum absolute atomic E-state index is 0.314. The third-order valence-electron chi connectivity index (χ3n) is 6.38. The number of piperazine rings is 1. The third kappa shape index (κ3) is 4.15. The molecule has 28 heavy (non-hydrogen) atoms. The van der Waals surface area contributed by atoms with E-state index < -0.39 is 0 Å². The minimum Gasteiger partial charge on any atom is -0.497 e. The number of aryl methyl sites for hydroxylation is 1. The summed E-state index contributed by atoms with van der Waals surface area (Å²) in [5, 5.41) is 0. The van der Waals surface area contributed by atoms with Crippen molar-refractivity contribution >= 4 is 5.78 Å². The smallest absolute Gasteiger partial charge is 0.218 e. The zero-order valence-corrected chi connectivity index (χ0v) is 17.4. The van der Waals surface area contributed by atoms with Gasteiger partial charge >= 0.3 is 0 Å². The predicted octanol–water partition coefficient (Wildman–Crippen LogP) is 0.615. The molecule has 5 nitrogen and oxygen atoms in total. The Bertz CT molecular complexity index is 828. The second kappa shape index (κ2) is 8.10. The zero-order chi connectivity index (χ0) is 19.7. The van der Waals surface area contributed by atoms with E-state index in [0.717, 1.165) is 44.0 Å². The highest BCUT2D eigenvalue weighted by molar-refractivity contribution is 5.98. The first-order valence-corrected chi connectivity index (χ1v) is 10.6. The molecule has 0 radical (unpaired) electrons. The molecular formula is C23H33N3O2+2. The summed E-state index contributed by atoms with van der Waals surface area (Å²) in [6.45, 7) is 10.3. The van der Waals surface area contributed by atoms with Crippen molar-refractivity contribution in [3.05, 3.63) is 52.8 Å². The number of quaternary nitrogens is 2. The highest BCUT2D eigenvalue weighted by Crippen LogP contribution is 2.38. The second-order valence-electron chi connectivity index (χ2n) is 8.51. The second-order valence-corrected chi connectivity index (χ2v) is 8.51. The van der Waals surface area contributed by atoms with Gasteiger partial charge in [-0.15, -0.1) is 0 Å². The lowest BCUT2D eigenvalue weighted by Crippen LogP contribution is -3.27. The Hall–Kier alpha value is -2.11. The molecule has 0 unspecified atom stereocenters. The topological polar surface area (TPSA) is 40.1 Å². The van der Waals surface area contributed by atoms with E-state index >= 15 is 0 Å². The van der Waals surface area contributed by atoms with Gasteiger partial charge in [0.15, 0.2) is 0 Å². The largest absolute Gasteiger partial charge is 0.497 e. The van der Waals surface area contributed by atoms with Crippen LogP contribution in [0.25, 0.3) is 0 Å². The summed E-state index contributed by atoms with van der Waals surface area (Å²) in [4.78, 5) is 16.0. The highest BCUT2D eigenvalue weighted by Gasteiger charge is 2.30. The van der Waals surface area contributed by atoms with E-state index in [-0.39, 0.29) is 0 Å². The number of Topliss-reactive ketones (excluding diaryl/α,β-unsaturated/α-hetero) is 1. The third-order valence-corrected chi connectivity index (χ3v) is 6.38. The number of rotatable bonds is 7. The van der Waals surface area contributed by atoms with Crippen molar-refractivity contribution in [2.24, 2.45) is 0 Å². The summed E-state index contributed by atoms with van der Waals surface area (Å²) in [5.41, 5.74) is 4.72. The van der Waals surface area contributed by atoms with E-state index in [1.807, 2.05) is 12.1 Å². The number of carbonyl (C=O) groups excluding carboxylic acids is 1. The fourth-order valence-electron chi connectivity index (χ4n) is 4.62. The van der Waals surface area contributed by atoms with Gasteiger partial charge in [0, 0.05) is 28.6 Å². The van der Waals surface area contributed by atoms with E-state index in [0.29, 0.717) is 18.4 Å². The van der Waals surface area contributed by atoms with Gasteiger partial charge in [-0.05, 0) is 57.0 Å². The molecular weight excluding hydrogens is 350 g/mol. The number of nitrogens with one attached hydrogen (secondary N) is 2. The van der Waals surface area contributed by atoms with Gasteiger partial charge in [0.2, 0.25) is 5.78 Å².